The van der Waals surface area contributed by atoms with E-state index in [4.69, 9.17) is 0 Å². The molecule has 1 rings (SSSR count). The van der Waals surface area contributed by atoms with Gasteiger partial charge in [-0.2, -0.15) is 11.8 Å². The third kappa shape index (κ3) is 7.75. The number of thioether (sulfide) groups is 1. The van der Waals surface area contributed by atoms with E-state index in [2.05, 4.69) is 54.5 Å². The highest BCUT2D eigenvalue weighted by molar-refractivity contribution is 7.98. The van der Waals surface area contributed by atoms with E-state index < -0.39 is 0 Å². The second-order valence-electron chi connectivity index (χ2n) is 4.54. The van der Waals surface area contributed by atoms with E-state index in [9.17, 15) is 0 Å². The largest absolute Gasteiger partial charge is 0.316 e. The maximum absolute atomic E-state index is 3.50. The molecule has 0 aliphatic carbocycles. The fraction of sp³-hybridized carbons (Fsp3) is 0.600. The Morgan fingerprint density at radius 3 is 2.67 bits per heavy atom. The lowest BCUT2D eigenvalue weighted by Gasteiger charge is -2.13. The van der Waals surface area contributed by atoms with Crippen LogP contribution in [0.2, 0.25) is 0 Å². The Kier molecular flexibility index (Phi) is 9.00. The molecule has 1 aromatic carbocycles. The van der Waals surface area contributed by atoms with Crippen molar-refractivity contribution in [1.29, 1.82) is 0 Å². The molecule has 0 bridgehead atoms. The van der Waals surface area contributed by atoms with Crippen LogP contribution in [0.3, 0.4) is 0 Å². The van der Waals surface area contributed by atoms with Gasteiger partial charge in [-0.15, -0.1) is 0 Å². The molecule has 3 heteroatoms. The van der Waals surface area contributed by atoms with E-state index in [0.29, 0.717) is 0 Å². The standard InChI is InChI=1S/C15H26N2S/c1-3-17(2)12-7-10-16-11-13-18-14-15-8-5-4-6-9-15/h4-6,8-9,16H,3,7,10-14H2,1-2H3. The van der Waals surface area contributed by atoms with Crippen molar-refractivity contribution in [1.82, 2.24) is 10.2 Å². The molecule has 0 radical (unpaired) electrons. The minimum Gasteiger partial charge on any atom is -0.316 e. The molecule has 0 aromatic heterocycles. The SMILES string of the molecule is CCN(C)CCCNCCSCc1ccccc1. The van der Waals surface area contributed by atoms with Gasteiger partial charge in [0, 0.05) is 18.1 Å². The van der Waals surface area contributed by atoms with Crippen molar-refractivity contribution in [2.45, 2.75) is 19.1 Å². The Bertz CT molecular complexity index is 290. The molecule has 0 spiro atoms. The number of nitrogens with zero attached hydrogens (tertiary/aromatic N) is 1. The Labute approximate surface area is 116 Å². The molecule has 102 valence electrons. The Balaban J connectivity index is 1.87. The number of nitrogens with one attached hydrogen (secondary N) is 1. The monoisotopic (exact) mass is 266 g/mol. The summed E-state index contributed by atoms with van der Waals surface area (Å²) in [7, 11) is 2.18. The third-order valence-corrected chi connectivity index (χ3v) is 4.00. The molecule has 1 aromatic rings. The average molecular weight is 266 g/mol. The predicted octanol–water partition coefficient (Wildman–Crippen LogP) is 2.85. The van der Waals surface area contributed by atoms with Gasteiger partial charge < -0.3 is 10.2 Å². The molecule has 0 unspecified atom stereocenters. The van der Waals surface area contributed by atoms with Gasteiger partial charge in [0.15, 0.2) is 0 Å². The van der Waals surface area contributed by atoms with Crippen LogP contribution in [0, 0.1) is 0 Å². The van der Waals surface area contributed by atoms with Gasteiger partial charge in [-0.25, -0.2) is 0 Å². The summed E-state index contributed by atoms with van der Waals surface area (Å²) in [5, 5.41) is 3.50. The van der Waals surface area contributed by atoms with Gasteiger partial charge in [0.05, 0.1) is 0 Å². The molecule has 2 nitrogen and oxygen atoms in total. The van der Waals surface area contributed by atoms with E-state index in [1.54, 1.807) is 0 Å². The maximum atomic E-state index is 3.50. The summed E-state index contributed by atoms with van der Waals surface area (Å²) >= 11 is 2.00. The van der Waals surface area contributed by atoms with E-state index in [1.807, 2.05) is 11.8 Å². The van der Waals surface area contributed by atoms with Crippen molar-refractivity contribution in [2.75, 3.05) is 39.0 Å². The van der Waals surface area contributed by atoms with E-state index in [1.165, 1.54) is 24.3 Å². The van der Waals surface area contributed by atoms with Gasteiger partial charge in [0.1, 0.15) is 0 Å². The lowest BCUT2D eigenvalue weighted by Crippen LogP contribution is -2.25. The first-order chi connectivity index (χ1) is 8.83. The zero-order valence-electron chi connectivity index (χ0n) is 11.7. The lowest BCUT2D eigenvalue weighted by molar-refractivity contribution is 0.345. The normalized spacial score (nSPS) is 11.1. The van der Waals surface area contributed by atoms with Crippen LogP contribution < -0.4 is 5.32 Å². The molecule has 0 amide bonds. The van der Waals surface area contributed by atoms with E-state index in [0.717, 1.165) is 25.4 Å². The van der Waals surface area contributed by atoms with Crippen LogP contribution in [0.4, 0.5) is 0 Å². The smallest absolute Gasteiger partial charge is 0.0185 e. The molecule has 0 saturated carbocycles. The summed E-state index contributed by atoms with van der Waals surface area (Å²) in [4.78, 5) is 2.35. The van der Waals surface area contributed by atoms with Crippen LogP contribution in [-0.4, -0.2) is 43.9 Å². The van der Waals surface area contributed by atoms with Gasteiger partial charge in [0.25, 0.3) is 0 Å². The molecule has 0 aliphatic heterocycles. The summed E-state index contributed by atoms with van der Waals surface area (Å²) in [5.74, 6) is 2.32. The zero-order chi connectivity index (χ0) is 13.1. The highest BCUT2D eigenvalue weighted by Crippen LogP contribution is 2.10. The van der Waals surface area contributed by atoms with Crippen LogP contribution in [0.15, 0.2) is 30.3 Å². The average Bonchev–Trinajstić information content (AvgIpc) is 2.42. The van der Waals surface area contributed by atoms with Gasteiger partial charge >= 0.3 is 0 Å². The van der Waals surface area contributed by atoms with Gasteiger partial charge in [-0.05, 0) is 38.7 Å². The highest BCUT2D eigenvalue weighted by Gasteiger charge is 1.95. The highest BCUT2D eigenvalue weighted by atomic mass is 32.2. The quantitative estimate of drug-likeness (QED) is 0.656. The summed E-state index contributed by atoms with van der Waals surface area (Å²) in [6, 6.07) is 10.7. The first kappa shape index (κ1) is 15.5. The number of hydrogen-bond acceptors (Lipinski definition) is 3. The summed E-state index contributed by atoms with van der Waals surface area (Å²) in [6.45, 7) is 6.80. The lowest BCUT2D eigenvalue weighted by atomic mass is 10.2. The summed E-state index contributed by atoms with van der Waals surface area (Å²) in [6.07, 6.45) is 1.24. The van der Waals surface area contributed by atoms with E-state index in [-0.39, 0.29) is 0 Å². The first-order valence-corrected chi connectivity index (χ1v) is 7.99. The van der Waals surface area contributed by atoms with Crippen molar-refractivity contribution in [3.8, 4) is 0 Å². The van der Waals surface area contributed by atoms with Crippen LogP contribution in [0.1, 0.15) is 18.9 Å². The fourth-order valence-corrected chi connectivity index (χ4v) is 2.53. The number of rotatable bonds is 10. The van der Waals surface area contributed by atoms with Crippen molar-refractivity contribution >= 4 is 11.8 Å². The van der Waals surface area contributed by atoms with Gasteiger partial charge in [-0.3, -0.25) is 0 Å². The zero-order valence-corrected chi connectivity index (χ0v) is 12.5. The van der Waals surface area contributed by atoms with Gasteiger partial charge in [-0.1, -0.05) is 37.3 Å². The van der Waals surface area contributed by atoms with Crippen LogP contribution in [0.5, 0.6) is 0 Å². The molecule has 1 N–H and O–H groups in total. The van der Waals surface area contributed by atoms with Gasteiger partial charge in [0.2, 0.25) is 0 Å². The maximum Gasteiger partial charge on any atom is 0.0185 e. The molecular weight excluding hydrogens is 240 g/mol. The minimum atomic E-state index is 1.12. The van der Waals surface area contributed by atoms with Crippen molar-refractivity contribution in [2.24, 2.45) is 0 Å². The topological polar surface area (TPSA) is 15.3 Å². The minimum absolute atomic E-state index is 1.12. The fourth-order valence-electron chi connectivity index (χ4n) is 1.67. The first-order valence-electron chi connectivity index (χ1n) is 6.84. The summed E-state index contributed by atoms with van der Waals surface area (Å²) in [5.41, 5.74) is 1.42. The molecular formula is C15H26N2S. The van der Waals surface area contributed by atoms with Crippen molar-refractivity contribution in [3.05, 3.63) is 35.9 Å². The second-order valence-corrected chi connectivity index (χ2v) is 5.64. The van der Waals surface area contributed by atoms with Crippen molar-refractivity contribution < 1.29 is 0 Å². The Morgan fingerprint density at radius 1 is 1.17 bits per heavy atom. The summed E-state index contributed by atoms with van der Waals surface area (Å²) < 4.78 is 0. The van der Waals surface area contributed by atoms with Crippen molar-refractivity contribution in [3.63, 3.8) is 0 Å². The third-order valence-electron chi connectivity index (χ3n) is 2.97. The molecule has 0 aliphatic rings. The molecule has 18 heavy (non-hydrogen) atoms. The predicted molar refractivity (Wildman–Crippen MR) is 83.3 cm³/mol. The Hall–Kier alpha value is -0.510. The van der Waals surface area contributed by atoms with Crippen LogP contribution >= 0.6 is 11.8 Å². The second kappa shape index (κ2) is 10.4. The molecule has 0 fully saturated rings. The van der Waals surface area contributed by atoms with Crippen LogP contribution in [0.25, 0.3) is 0 Å². The van der Waals surface area contributed by atoms with E-state index >= 15 is 0 Å². The number of benzene rings is 1. The Morgan fingerprint density at radius 2 is 1.94 bits per heavy atom. The molecule has 0 atom stereocenters. The van der Waals surface area contributed by atoms with Crippen LogP contribution in [-0.2, 0) is 5.75 Å². The number of hydrogen-bond donors (Lipinski definition) is 1. The molecule has 0 saturated heterocycles. The molecule has 0 heterocycles.